The van der Waals surface area contributed by atoms with Crippen molar-refractivity contribution in [2.24, 2.45) is 0 Å². The molecule has 0 saturated heterocycles. The number of hydrogen-bond donors (Lipinski definition) is 0. The normalized spacial score (nSPS) is 12.2. The summed E-state index contributed by atoms with van der Waals surface area (Å²) >= 11 is 0. The van der Waals surface area contributed by atoms with E-state index in [1.165, 1.54) is 0 Å². The second kappa shape index (κ2) is 10.6. The topological polar surface area (TPSA) is 18.5 Å². The molecule has 6 rings (SSSR count). The van der Waals surface area contributed by atoms with Crippen LogP contribution in [0, 0.1) is 0 Å². The van der Waals surface area contributed by atoms with Gasteiger partial charge in [0.05, 0.1) is 0 Å². The van der Waals surface area contributed by atoms with Crippen LogP contribution in [0.15, 0.2) is 176 Å². The third-order valence-corrected chi connectivity index (χ3v) is 12.8. The first-order valence-corrected chi connectivity index (χ1v) is 15.2. The molecule has 0 radical (unpaired) electrons. The van der Waals surface area contributed by atoms with Gasteiger partial charge in [-0.1, -0.05) is 0 Å². The zero-order chi connectivity index (χ0) is 26.4. The van der Waals surface area contributed by atoms with Gasteiger partial charge in [-0.2, -0.15) is 0 Å². The van der Waals surface area contributed by atoms with E-state index in [4.69, 9.17) is 9.26 Å². The van der Waals surface area contributed by atoms with E-state index >= 15 is 0 Å². The number of para-hydroxylation sites is 3. The standard InChI is InChI=1S/C36H29O2P/c1-6-18-30(19-7-1)37-35-28-16-17-29-36(35)39(32-22-10-3-11-23-32,33-24-12-4-13-25-33,34-26-14-5-15-27-34)38-31-20-8-2-9-21-31/h1-29H. The first-order valence-electron chi connectivity index (χ1n) is 13.1. The Bertz CT molecular complexity index is 1540. The van der Waals surface area contributed by atoms with Gasteiger partial charge in [0.1, 0.15) is 0 Å². The molecule has 6 aromatic rings. The maximum absolute atomic E-state index is 7.66. The molecule has 0 heterocycles. The van der Waals surface area contributed by atoms with Crippen LogP contribution in [0.3, 0.4) is 0 Å². The van der Waals surface area contributed by atoms with Gasteiger partial charge in [0.15, 0.2) is 0 Å². The van der Waals surface area contributed by atoms with Crippen molar-refractivity contribution in [3.63, 3.8) is 0 Å². The Morgan fingerprint density at radius 2 is 0.692 bits per heavy atom. The van der Waals surface area contributed by atoms with Gasteiger partial charge < -0.3 is 0 Å². The molecule has 2 nitrogen and oxygen atoms in total. The van der Waals surface area contributed by atoms with Crippen LogP contribution in [0.2, 0.25) is 0 Å². The molecule has 0 aliphatic rings. The Kier molecular flexibility index (Phi) is 6.71. The summed E-state index contributed by atoms with van der Waals surface area (Å²) in [5.74, 6) is 2.32. The molecule has 0 N–H and O–H groups in total. The average molecular weight is 525 g/mol. The van der Waals surface area contributed by atoms with Gasteiger partial charge in [0.25, 0.3) is 0 Å². The molecule has 0 aliphatic carbocycles. The van der Waals surface area contributed by atoms with Gasteiger partial charge in [-0.15, -0.1) is 0 Å². The van der Waals surface area contributed by atoms with Crippen LogP contribution in [-0.4, -0.2) is 0 Å². The quantitative estimate of drug-likeness (QED) is 0.191. The average Bonchev–Trinajstić information content (AvgIpc) is 3.03. The van der Waals surface area contributed by atoms with E-state index in [1.807, 2.05) is 72.8 Å². The van der Waals surface area contributed by atoms with Crippen molar-refractivity contribution in [2.75, 3.05) is 0 Å². The molecule has 0 aliphatic heterocycles. The Balaban J connectivity index is 1.82. The van der Waals surface area contributed by atoms with E-state index in [0.29, 0.717) is 0 Å². The summed E-state index contributed by atoms with van der Waals surface area (Å²) in [6.45, 7) is -3.95. The molecule has 0 atom stereocenters. The van der Waals surface area contributed by atoms with Crippen molar-refractivity contribution in [3.05, 3.63) is 176 Å². The van der Waals surface area contributed by atoms with Crippen molar-refractivity contribution in [2.45, 2.75) is 0 Å². The summed E-state index contributed by atoms with van der Waals surface area (Å²) in [7, 11) is 0. The monoisotopic (exact) mass is 524 g/mol. The molecule has 190 valence electrons. The molecule has 6 aromatic carbocycles. The van der Waals surface area contributed by atoms with E-state index in [9.17, 15) is 0 Å². The van der Waals surface area contributed by atoms with Gasteiger partial charge in [0, 0.05) is 0 Å². The SMILES string of the molecule is c1ccc(Oc2ccccc2P(Oc2ccccc2)(c2ccccc2)(c2ccccc2)c2ccccc2)cc1. The minimum absolute atomic E-state index is 0.758. The third kappa shape index (κ3) is 4.20. The van der Waals surface area contributed by atoms with Crippen LogP contribution in [-0.2, 0) is 0 Å². The molecule has 0 amide bonds. The maximum atomic E-state index is 7.66. The van der Waals surface area contributed by atoms with E-state index in [-0.39, 0.29) is 0 Å². The van der Waals surface area contributed by atoms with Crippen LogP contribution in [0.5, 0.6) is 17.2 Å². The fraction of sp³-hybridized carbons (Fsp3) is 0. The first-order chi connectivity index (χ1) is 19.3. The fourth-order valence-electron chi connectivity index (χ4n) is 5.41. The predicted octanol–water partition coefficient (Wildman–Crippen LogP) is 7.63. The molecule has 0 saturated carbocycles. The molecule has 0 unspecified atom stereocenters. The van der Waals surface area contributed by atoms with Crippen LogP contribution in [0.1, 0.15) is 0 Å². The summed E-state index contributed by atoms with van der Waals surface area (Å²) in [5, 5.41) is 4.27. The second-order valence-corrected chi connectivity index (χ2v) is 13.6. The van der Waals surface area contributed by atoms with Gasteiger partial charge in [0.2, 0.25) is 0 Å². The fourth-order valence-corrected chi connectivity index (χ4v) is 11.2. The summed E-state index contributed by atoms with van der Waals surface area (Å²) in [6.07, 6.45) is 0. The molecular formula is C36H29O2P. The van der Waals surface area contributed by atoms with Crippen LogP contribution < -0.4 is 30.5 Å². The van der Waals surface area contributed by atoms with Gasteiger partial charge in [-0.25, -0.2) is 0 Å². The second-order valence-electron chi connectivity index (χ2n) is 9.33. The van der Waals surface area contributed by atoms with Crippen LogP contribution in [0.25, 0.3) is 0 Å². The van der Waals surface area contributed by atoms with Crippen molar-refractivity contribution in [1.29, 1.82) is 0 Å². The van der Waals surface area contributed by atoms with Gasteiger partial charge >= 0.3 is 230 Å². The van der Waals surface area contributed by atoms with Crippen molar-refractivity contribution >= 4 is 28.0 Å². The van der Waals surface area contributed by atoms with Crippen molar-refractivity contribution in [1.82, 2.24) is 0 Å². The van der Waals surface area contributed by atoms with E-state index in [1.54, 1.807) is 0 Å². The molecule has 0 spiro atoms. The molecule has 0 aromatic heterocycles. The predicted molar refractivity (Wildman–Crippen MR) is 165 cm³/mol. The Labute approximate surface area is 230 Å². The first kappa shape index (κ1) is 24.7. The number of rotatable bonds is 8. The summed E-state index contributed by atoms with van der Waals surface area (Å²) in [4.78, 5) is 0. The number of benzene rings is 6. The molecule has 0 bridgehead atoms. The summed E-state index contributed by atoms with van der Waals surface area (Å²) < 4.78 is 14.4. The molecular weight excluding hydrogens is 495 g/mol. The van der Waals surface area contributed by atoms with Crippen molar-refractivity contribution in [3.8, 4) is 17.2 Å². The van der Waals surface area contributed by atoms with Crippen molar-refractivity contribution < 1.29 is 9.26 Å². The zero-order valence-electron chi connectivity index (χ0n) is 21.5. The molecule has 3 heteroatoms. The van der Waals surface area contributed by atoms with Crippen LogP contribution in [0.4, 0.5) is 0 Å². The van der Waals surface area contributed by atoms with Gasteiger partial charge in [-0.3, -0.25) is 0 Å². The summed E-state index contributed by atoms with van der Waals surface area (Å²) in [6, 6.07) is 60.3. The minimum atomic E-state index is -3.95. The Morgan fingerprint density at radius 3 is 1.15 bits per heavy atom. The van der Waals surface area contributed by atoms with Crippen LogP contribution >= 0.6 is 6.83 Å². The van der Waals surface area contributed by atoms with E-state index in [0.717, 1.165) is 38.5 Å². The Hall–Kier alpha value is -4.65. The van der Waals surface area contributed by atoms with E-state index in [2.05, 4.69) is 103 Å². The number of hydrogen-bond acceptors (Lipinski definition) is 2. The zero-order valence-corrected chi connectivity index (χ0v) is 22.4. The molecule has 39 heavy (non-hydrogen) atoms. The number of ether oxygens (including phenoxy) is 1. The third-order valence-electron chi connectivity index (χ3n) is 7.07. The summed E-state index contributed by atoms with van der Waals surface area (Å²) in [5.41, 5.74) is 0. The molecule has 0 fully saturated rings. The van der Waals surface area contributed by atoms with E-state index < -0.39 is 6.83 Å². The van der Waals surface area contributed by atoms with Gasteiger partial charge in [-0.05, 0) is 0 Å². The Morgan fingerprint density at radius 1 is 0.333 bits per heavy atom.